The Balaban J connectivity index is 1.66. The zero-order chi connectivity index (χ0) is 23.1. The summed E-state index contributed by atoms with van der Waals surface area (Å²) in [5, 5.41) is 7.06. The molecule has 3 aromatic rings. The number of anilines is 1. The highest BCUT2D eigenvalue weighted by molar-refractivity contribution is 6.00. The lowest BCUT2D eigenvalue weighted by molar-refractivity contribution is -0.116. The summed E-state index contributed by atoms with van der Waals surface area (Å²) in [6.45, 7) is 5.42. The monoisotopic (exact) mass is 434 g/mol. The van der Waals surface area contributed by atoms with Crippen LogP contribution in [0.5, 0.6) is 0 Å². The molecule has 2 aromatic heterocycles. The van der Waals surface area contributed by atoms with Crippen molar-refractivity contribution in [3.8, 4) is 5.82 Å². The number of rotatable bonds is 9. The van der Waals surface area contributed by atoms with Gasteiger partial charge >= 0.3 is 5.97 Å². The number of amides is 1. The molecule has 0 aliphatic rings. The average Bonchev–Trinajstić information content (AvgIpc) is 3.24. The molecule has 0 unspecified atom stereocenters. The van der Waals surface area contributed by atoms with Crippen molar-refractivity contribution < 1.29 is 19.1 Å². The molecule has 0 atom stereocenters. The lowest BCUT2D eigenvalue weighted by Gasteiger charge is -2.12. The Kier molecular flexibility index (Phi) is 7.49. The van der Waals surface area contributed by atoms with Gasteiger partial charge in [-0.3, -0.25) is 9.59 Å². The fourth-order valence-electron chi connectivity index (χ4n) is 3.21. The van der Waals surface area contributed by atoms with Crippen LogP contribution in [0.4, 0.5) is 5.69 Å². The summed E-state index contributed by atoms with van der Waals surface area (Å²) in [7, 11) is 0. The lowest BCUT2D eigenvalue weighted by atomic mass is 10.1. The SMILES string of the molecule is CCCC(=O)Nc1ccc(C(=O)COC(=O)c2cnn(-c3ccccn3)c2C(C)C)cc1. The van der Waals surface area contributed by atoms with E-state index < -0.39 is 12.6 Å². The molecule has 166 valence electrons. The van der Waals surface area contributed by atoms with E-state index in [-0.39, 0.29) is 17.6 Å². The molecular weight excluding hydrogens is 408 g/mol. The van der Waals surface area contributed by atoms with E-state index in [2.05, 4.69) is 15.4 Å². The summed E-state index contributed by atoms with van der Waals surface area (Å²) in [6.07, 6.45) is 4.28. The fourth-order valence-corrected chi connectivity index (χ4v) is 3.21. The molecule has 1 N–H and O–H groups in total. The molecule has 0 fully saturated rings. The number of hydrogen-bond donors (Lipinski definition) is 1. The molecule has 8 nitrogen and oxygen atoms in total. The number of pyridine rings is 1. The lowest BCUT2D eigenvalue weighted by Crippen LogP contribution is -2.16. The van der Waals surface area contributed by atoms with Crippen LogP contribution in [0.2, 0.25) is 0 Å². The van der Waals surface area contributed by atoms with Gasteiger partial charge in [0.05, 0.1) is 11.9 Å². The van der Waals surface area contributed by atoms with E-state index in [1.54, 1.807) is 47.3 Å². The fraction of sp³-hybridized carbons (Fsp3) is 0.292. The number of aromatic nitrogens is 3. The van der Waals surface area contributed by atoms with Crippen LogP contribution >= 0.6 is 0 Å². The van der Waals surface area contributed by atoms with Crippen molar-refractivity contribution in [1.82, 2.24) is 14.8 Å². The number of carbonyl (C=O) groups is 3. The van der Waals surface area contributed by atoms with Crippen LogP contribution in [0.1, 0.15) is 65.9 Å². The van der Waals surface area contributed by atoms with Gasteiger partial charge in [0.25, 0.3) is 0 Å². The van der Waals surface area contributed by atoms with Crippen LogP contribution in [0.3, 0.4) is 0 Å². The summed E-state index contributed by atoms with van der Waals surface area (Å²) in [5.41, 5.74) is 1.96. The molecule has 0 saturated carbocycles. The molecular formula is C24H26N4O4. The Labute approximate surface area is 186 Å². The van der Waals surface area contributed by atoms with Gasteiger partial charge in [-0.15, -0.1) is 0 Å². The number of ether oxygens (including phenoxy) is 1. The molecule has 1 amide bonds. The number of carbonyl (C=O) groups excluding carboxylic acids is 3. The molecule has 0 aliphatic heterocycles. The Morgan fingerprint density at radius 2 is 1.84 bits per heavy atom. The Bertz CT molecular complexity index is 1090. The van der Waals surface area contributed by atoms with Crippen LogP contribution < -0.4 is 5.32 Å². The molecule has 8 heteroatoms. The van der Waals surface area contributed by atoms with Crippen molar-refractivity contribution in [3.05, 3.63) is 71.7 Å². The largest absolute Gasteiger partial charge is 0.454 e. The van der Waals surface area contributed by atoms with Gasteiger partial charge < -0.3 is 10.1 Å². The van der Waals surface area contributed by atoms with E-state index in [9.17, 15) is 14.4 Å². The summed E-state index contributed by atoms with van der Waals surface area (Å²) in [4.78, 5) is 41.1. The third-order valence-electron chi connectivity index (χ3n) is 4.74. The maximum Gasteiger partial charge on any atom is 0.342 e. The summed E-state index contributed by atoms with van der Waals surface area (Å²) < 4.78 is 6.88. The van der Waals surface area contributed by atoms with Crippen molar-refractivity contribution >= 4 is 23.3 Å². The van der Waals surface area contributed by atoms with Gasteiger partial charge in [0, 0.05) is 23.9 Å². The quantitative estimate of drug-likeness (QED) is 0.400. The second-order valence-electron chi connectivity index (χ2n) is 7.57. The number of ketones is 1. The second kappa shape index (κ2) is 10.5. The minimum Gasteiger partial charge on any atom is -0.454 e. The molecule has 1 aromatic carbocycles. The topological polar surface area (TPSA) is 103 Å². The van der Waals surface area contributed by atoms with E-state index in [1.807, 2.05) is 26.8 Å². The highest BCUT2D eigenvalue weighted by Crippen LogP contribution is 2.23. The van der Waals surface area contributed by atoms with Crippen molar-refractivity contribution in [2.75, 3.05) is 11.9 Å². The third kappa shape index (κ3) is 5.46. The van der Waals surface area contributed by atoms with Crippen LogP contribution in [-0.4, -0.2) is 39.0 Å². The first-order chi connectivity index (χ1) is 15.4. The van der Waals surface area contributed by atoms with E-state index in [1.165, 1.54) is 6.20 Å². The van der Waals surface area contributed by atoms with Crippen LogP contribution in [0.15, 0.2) is 54.9 Å². The molecule has 2 heterocycles. The zero-order valence-corrected chi connectivity index (χ0v) is 18.4. The van der Waals surface area contributed by atoms with Crippen LogP contribution in [0, 0.1) is 0 Å². The van der Waals surface area contributed by atoms with Gasteiger partial charge in [-0.2, -0.15) is 5.10 Å². The average molecular weight is 434 g/mol. The first-order valence-corrected chi connectivity index (χ1v) is 10.5. The molecule has 0 spiro atoms. The van der Waals surface area contributed by atoms with Crippen molar-refractivity contribution in [2.24, 2.45) is 0 Å². The minimum atomic E-state index is -0.618. The van der Waals surface area contributed by atoms with Gasteiger partial charge in [-0.05, 0) is 48.7 Å². The molecule has 0 aliphatic carbocycles. The van der Waals surface area contributed by atoms with E-state index in [0.29, 0.717) is 34.7 Å². The first kappa shape index (κ1) is 22.9. The van der Waals surface area contributed by atoms with Crippen molar-refractivity contribution in [1.29, 1.82) is 0 Å². The Morgan fingerprint density at radius 3 is 2.47 bits per heavy atom. The van der Waals surface area contributed by atoms with Gasteiger partial charge in [0.15, 0.2) is 18.2 Å². The van der Waals surface area contributed by atoms with E-state index in [0.717, 1.165) is 6.42 Å². The highest BCUT2D eigenvalue weighted by Gasteiger charge is 2.23. The standard InChI is InChI=1S/C24H26N4O4/c1-4-7-22(30)27-18-11-9-17(10-12-18)20(29)15-32-24(31)19-14-26-28(23(19)16(2)3)21-8-5-6-13-25-21/h5-6,8-14,16H,4,7,15H2,1-3H3,(H,27,30). The predicted molar refractivity (Wildman–Crippen MR) is 120 cm³/mol. The molecule has 3 rings (SSSR count). The number of Topliss-reactive ketones (excluding diaryl/α,β-unsaturated/α-hetero) is 1. The number of nitrogens with one attached hydrogen (secondary N) is 1. The van der Waals surface area contributed by atoms with Crippen molar-refractivity contribution in [3.63, 3.8) is 0 Å². The number of benzene rings is 1. The van der Waals surface area contributed by atoms with Crippen LogP contribution in [0.25, 0.3) is 5.82 Å². The highest BCUT2D eigenvalue weighted by atomic mass is 16.5. The number of esters is 1. The zero-order valence-electron chi connectivity index (χ0n) is 18.4. The normalized spacial score (nSPS) is 10.8. The third-order valence-corrected chi connectivity index (χ3v) is 4.74. The number of hydrogen-bond acceptors (Lipinski definition) is 6. The van der Waals surface area contributed by atoms with Crippen LogP contribution in [-0.2, 0) is 9.53 Å². The van der Waals surface area contributed by atoms with Gasteiger partial charge in [-0.25, -0.2) is 14.5 Å². The van der Waals surface area contributed by atoms with Gasteiger partial charge in [0.2, 0.25) is 5.91 Å². The smallest absolute Gasteiger partial charge is 0.342 e. The molecule has 0 radical (unpaired) electrons. The predicted octanol–water partition coefficient (Wildman–Crippen LogP) is 4.17. The maximum absolute atomic E-state index is 12.7. The van der Waals surface area contributed by atoms with Gasteiger partial charge in [-0.1, -0.05) is 26.8 Å². The van der Waals surface area contributed by atoms with Crippen molar-refractivity contribution in [2.45, 2.75) is 39.5 Å². The Morgan fingerprint density at radius 1 is 1.09 bits per heavy atom. The van der Waals surface area contributed by atoms with Gasteiger partial charge in [0.1, 0.15) is 5.56 Å². The Hall–Kier alpha value is -3.81. The maximum atomic E-state index is 12.7. The minimum absolute atomic E-state index is 0.0202. The molecule has 0 bridgehead atoms. The molecule has 0 saturated heterocycles. The summed E-state index contributed by atoms with van der Waals surface area (Å²) >= 11 is 0. The number of nitrogens with zero attached hydrogens (tertiary/aromatic N) is 3. The summed E-state index contributed by atoms with van der Waals surface area (Å²) in [6, 6.07) is 11.9. The molecule has 32 heavy (non-hydrogen) atoms. The van der Waals surface area contributed by atoms with E-state index in [4.69, 9.17) is 4.74 Å². The van der Waals surface area contributed by atoms with E-state index >= 15 is 0 Å². The summed E-state index contributed by atoms with van der Waals surface area (Å²) in [5.74, 6) is -0.459. The second-order valence-corrected chi connectivity index (χ2v) is 7.57. The first-order valence-electron chi connectivity index (χ1n) is 10.5.